The van der Waals surface area contributed by atoms with Crippen LogP contribution >= 0.6 is 15.9 Å². The number of carbonyl (C=O) groups excluding carboxylic acids is 2. The molecule has 0 bridgehead atoms. The molecule has 1 atom stereocenters. The normalized spacial score (nSPS) is 16.6. The molecule has 154 valence electrons. The maximum atomic E-state index is 12.8. The number of hydrogen-bond acceptors (Lipinski definition) is 3. The topological polar surface area (TPSA) is 52.7 Å². The van der Waals surface area contributed by atoms with Gasteiger partial charge in [-0.25, -0.2) is 0 Å². The molecule has 1 saturated heterocycles. The fraction of sp³-hybridized carbons (Fsp3) is 0.391. The predicted octanol–water partition coefficient (Wildman–Crippen LogP) is 4.30. The molecule has 1 aliphatic heterocycles. The number of halogens is 1. The first-order valence-electron chi connectivity index (χ1n) is 9.94. The summed E-state index contributed by atoms with van der Waals surface area (Å²) >= 11 is 3.53. The van der Waals surface area contributed by atoms with E-state index in [1.165, 1.54) is 10.5 Å². The van der Waals surface area contributed by atoms with E-state index in [0.29, 0.717) is 6.54 Å². The Hall–Kier alpha value is -2.18. The first-order chi connectivity index (χ1) is 13.8. The van der Waals surface area contributed by atoms with Gasteiger partial charge in [-0.2, -0.15) is 0 Å². The average Bonchev–Trinajstić information content (AvgIpc) is 3.13. The number of benzene rings is 2. The summed E-state index contributed by atoms with van der Waals surface area (Å²) in [6.45, 7) is 5.19. The van der Waals surface area contributed by atoms with E-state index in [1.807, 2.05) is 44.2 Å². The maximum Gasteiger partial charge on any atom is 0.243 e. The standard InChI is InChI=1S/C23H28BrN3O2/c1-16-7-4-8-17(2)23(16)25-21(28)14-26(3)22(29)15-27-12-6-11-20(27)18-9-5-10-19(24)13-18/h4-5,7-10,13,20H,6,11-12,14-15H2,1-3H3,(H,25,28). The van der Waals surface area contributed by atoms with Crippen molar-refractivity contribution in [2.45, 2.75) is 32.7 Å². The number of aryl methyl sites for hydroxylation is 2. The smallest absolute Gasteiger partial charge is 0.243 e. The Morgan fingerprint density at radius 1 is 1.17 bits per heavy atom. The van der Waals surface area contributed by atoms with E-state index in [2.05, 4.69) is 38.3 Å². The highest BCUT2D eigenvalue weighted by molar-refractivity contribution is 9.10. The van der Waals surface area contributed by atoms with Crippen molar-refractivity contribution in [2.24, 2.45) is 0 Å². The zero-order valence-corrected chi connectivity index (χ0v) is 18.8. The van der Waals surface area contributed by atoms with E-state index < -0.39 is 0 Å². The van der Waals surface area contributed by atoms with E-state index in [9.17, 15) is 9.59 Å². The minimum atomic E-state index is -0.178. The molecule has 0 radical (unpaired) electrons. The van der Waals surface area contributed by atoms with Crippen molar-refractivity contribution in [2.75, 3.05) is 32.0 Å². The summed E-state index contributed by atoms with van der Waals surface area (Å²) < 4.78 is 1.05. The van der Waals surface area contributed by atoms with Gasteiger partial charge in [0.25, 0.3) is 0 Å². The Balaban J connectivity index is 1.58. The van der Waals surface area contributed by atoms with Crippen molar-refractivity contribution in [1.82, 2.24) is 9.80 Å². The molecule has 1 heterocycles. The Morgan fingerprint density at radius 2 is 1.86 bits per heavy atom. The summed E-state index contributed by atoms with van der Waals surface area (Å²) in [5.41, 5.74) is 4.08. The van der Waals surface area contributed by atoms with E-state index in [1.54, 1.807) is 7.05 Å². The van der Waals surface area contributed by atoms with Gasteiger partial charge >= 0.3 is 0 Å². The van der Waals surface area contributed by atoms with Crippen LogP contribution in [0.2, 0.25) is 0 Å². The van der Waals surface area contributed by atoms with Crippen molar-refractivity contribution in [1.29, 1.82) is 0 Å². The number of likely N-dealkylation sites (tertiary alicyclic amines) is 1. The number of nitrogens with zero attached hydrogens (tertiary/aromatic N) is 2. The van der Waals surface area contributed by atoms with Crippen LogP contribution in [0.4, 0.5) is 5.69 Å². The van der Waals surface area contributed by atoms with Crippen LogP contribution in [0, 0.1) is 13.8 Å². The molecule has 0 aromatic heterocycles. The molecule has 6 heteroatoms. The molecule has 1 N–H and O–H groups in total. The van der Waals surface area contributed by atoms with Gasteiger partial charge in [-0.1, -0.05) is 46.3 Å². The van der Waals surface area contributed by atoms with Gasteiger partial charge in [0, 0.05) is 23.2 Å². The lowest BCUT2D eigenvalue weighted by Crippen LogP contribution is -2.41. The number of hydrogen-bond donors (Lipinski definition) is 1. The maximum absolute atomic E-state index is 12.8. The highest BCUT2D eigenvalue weighted by Gasteiger charge is 2.28. The zero-order chi connectivity index (χ0) is 21.0. The van der Waals surface area contributed by atoms with Gasteiger partial charge in [0.05, 0.1) is 13.1 Å². The largest absolute Gasteiger partial charge is 0.335 e. The van der Waals surface area contributed by atoms with Crippen LogP contribution in [0.15, 0.2) is 46.9 Å². The van der Waals surface area contributed by atoms with Crippen LogP contribution in [-0.4, -0.2) is 48.3 Å². The molecule has 2 aromatic rings. The summed E-state index contributed by atoms with van der Waals surface area (Å²) in [4.78, 5) is 29.0. The molecule has 1 fully saturated rings. The molecule has 0 spiro atoms. The summed E-state index contributed by atoms with van der Waals surface area (Å²) in [5, 5.41) is 2.95. The van der Waals surface area contributed by atoms with E-state index >= 15 is 0 Å². The molecule has 5 nitrogen and oxygen atoms in total. The molecule has 3 rings (SSSR count). The number of carbonyl (C=O) groups is 2. The Morgan fingerprint density at radius 3 is 2.55 bits per heavy atom. The summed E-state index contributed by atoms with van der Waals surface area (Å²) in [6.07, 6.45) is 2.11. The molecule has 1 unspecified atom stereocenters. The molecule has 0 aliphatic carbocycles. The molecular weight excluding hydrogens is 430 g/mol. The van der Waals surface area contributed by atoms with Crippen LogP contribution in [0.5, 0.6) is 0 Å². The van der Waals surface area contributed by atoms with E-state index in [-0.39, 0.29) is 24.4 Å². The van der Waals surface area contributed by atoms with Crippen LogP contribution in [0.3, 0.4) is 0 Å². The van der Waals surface area contributed by atoms with Crippen LogP contribution in [-0.2, 0) is 9.59 Å². The first kappa shape index (κ1) is 21.5. The lowest BCUT2D eigenvalue weighted by Gasteiger charge is -2.27. The lowest BCUT2D eigenvalue weighted by molar-refractivity contribution is -0.134. The number of rotatable bonds is 6. The van der Waals surface area contributed by atoms with Gasteiger partial charge in [-0.05, 0) is 62.1 Å². The second-order valence-electron chi connectivity index (χ2n) is 7.75. The van der Waals surface area contributed by atoms with Crippen molar-refractivity contribution in [3.8, 4) is 0 Å². The number of anilines is 1. The van der Waals surface area contributed by atoms with Gasteiger partial charge in [0.1, 0.15) is 0 Å². The average molecular weight is 458 g/mol. The Bertz CT molecular complexity index is 879. The van der Waals surface area contributed by atoms with Crippen molar-refractivity contribution < 1.29 is 9.59 Å². The third kappa shape index (κ3) is 5.46. The van der Waals surface area contributed by atoms with E-state index in [4.69, 9.17) is 0 Å². The fourth-order valence-corrected chi connectivity index (χ4v) is 4.31. The highest BCUT2D eigenvalue weighted by Crippen LogP contribution is 2.32. The van der Waals surface area contributed by atoms with Gasteiger partial charge in [-0.15, -0.1) is 0 Å². The fourth-order valence-electron chi connectivity index (χ4n) is 3.90. The summed E-state index contributed by atoms with van der Waals surface area (Å²) in [5.74, 6) is -0.216. The van der Waals surface area contributed by atoms with Gasteiger partial charge < -0.3 is 10.2 Å². The van der Waals surface area contributed by atoms with Crippen LogP contribution in [0.1, 0.15) is 35.6 Å². The van der Waals surface area contributed by atoms with Crippen molar-refractivity contribution >= 4 is 33.4 Å². The molecule has 0 saturated carbocycles. The lowest BCUT2D eigenvalue weighted by atomic mass is 10.0. The van der Waals surface area contributed by atoms with Gasteiger partial charge in [0.15, 0.2) is 0 Å². The Kier molecular flexibility index (Phi) is 7.09. The number of para-hydroxylation sites is 1. The monoisotopic (exact) mass is 457 g/mol. The third-order valence-electron chi connectivity index (χ3n) is 5.49. The number of nitrogens with one attached hydrogen (secondary N) is 1. The van der Waals surface area contributed by atoms with Crippen molar-refractivity contribution in [3.05, 3.63) is 63.6 Å². The second-order valence-corrected chi connectivity index (χ2v) is 8.66. The van der Waals surface area contributed by atoms with E-state index in [0.717, 1.165) is 40.7 Å². The minimum absolute atomic E-state index is 0.0384. The molecular formula is C23H28BrN3O2. The molecule has 2 aromatic carbocycles. The SMILES string of the molecule is Cc1cccc(C)c1NC(=O)CN(C)C(=O)CN1CCCC1c1cccc(Br)c1. The third-order valence-corrected chi connectivity index (χ3v) is 5.98. The molecule has 2 amide bonds. The van der Waals surface area contributed by atoms with Gasteiger partial charge in [0.2, 0.25) is 11.8 Å². The second kappa shape index (κ2) is 9.55. The summed E-state index contributed by atoms with van der Waals surface area (Å²) in [7, 11) is 1.69. The highest BCUT2D eigenvalue weighted by atomic mass is 79.9. The zero-order valence-electron chi connectivity index (χ0n) is 17.2. The van der Waals surface area contributed by atoms with Crippen molar-refractivity contribution in [3.63, 3.8) is 0 Å². The minimum Gasteiger partial charge on any atom is -0.335 e. The number of likely N-dealkylation sites (N-methyl/N-ethyl adjacent to an activating group) is 1. The number of amides is 2. The molecule has 1 aliphatic rings. The van der Waals surface area contributed by atoms with Crippen LogP contribution < -0.4 is 5.32 Å². The summed E-state index contributed by atoms with van der Waals surface area (Å²) in [6, 6.07) is 14.4. The molecule has 29 heavy (non-hydrogen) atoms. The quantitative estimate of drug-likeness (QED) is 0.703. The Labute approximate surface area is 181 Å². The predicted molar refractivity (Wildman–Crippen MR) is 120 cm³/mol. The van der Waals surface area contributed by atoms with Gasteiger partial charge in [-0.3, -0.25) is 14.5 Å². The first-order valence-corrected chi connectivity index (χ1v) is 10.7. The van der Waals surface area contributed by atoms with Crippen LogP contribution in [0.25, 0.3) is 0 Å².